The van der Waals surface area contributed by atoms with E-state index in [0.717, 1.165) is 63.9 Å². The van der Waals surface area contributed by atoms with Gasteiger partial charge in [0, 0.05) is 71.7 Å². The highest BCUT2D eigenvalue weighted by Gasteiger charge is 2.32. The van der Waals surface area contributed by atoms with Crippen molar-refractivity contribution in [3.63, 3.8) is 0 Å². The molecule has 408 valence electrons. The third kappa shape index (κ3) is 20.3. The van der Waals surface area contributed by atoms with Crippen LogP contribution in [0.4, 0.5) is 0 Å². The van der Waals surface area contributed by atoms with Crippen LogP contribution in [0, 0.1) is 55.4 Å². The first-order valence-corrected chi connectivity index (χ1v) is 28.6. The van der Waals surface area contributed by atoms with Gasteiger partial charge in [0.2, 0.25) is 54.0 Å². The van der Waals surface area contributed by atoms with Gasteiger partial charge in [0.1, 0.15) is 5.69 Å². The van der Waals surface area contributed by atoms with Crippen LogP contribution in [-0.4, -0.2) is 80.9 Å². The monoisotopic (exact) mass is 1250 g/mol. The number of rotatable bonds is 9. The molecule has 0 spiro atoms. The molecule has 3 fully saturated rings. The van der Waals surface area contributed by atoms with Gasteiger partial charge in [-0.1, -0.05) is 70.7 Å². The van der Waals surface area contributed by atoms with Gasteiger partial charge >= 0.3 is 0 Å². The topological polar surface area (TPSA) is 106 Å². The van der Waals surface area contributed by atoms with E-state index in [1.165, 1.54) is 68.7 Å². The summed E-state index contributed by atoms with van der Waals surface area (Å²) in [5, 5.41) is 0. The zero-order chi connectivity index (χ0) is 50.2. The standard InChI is InChI=1S/2C14H23N2OS.C13H21N2OS.C12H13N2OS.2BrH.2ClH/c1-10-6-5-7-11(2)16(10)14(17)8-15-9-18-13(4)12(15)3;1-12-13(2)18-11-16(12)10-14(17)15-8-6-4-3-5-7-9-15;1-10-6-4-5-7-15(10)13(16)8-14-9-17-12(3)11(14)2;1-9-10(2)16-8-14(9)7-12(15)11-5-3-4-6-13-11;;;;/h9-11H,5-8H2,1-4H3;11H,3-10H2,1-2H3;9-10H,4-8H2,1-3H3;3-6,8H,7H2,1-2H3;4*1H/q4*+1;;;;/p-4. The van der Waals surface area contributed by atoms with Gasteiger partial charge in [0.05, 0.1) is 19.5 Å². The zero-order valence-corrected chi connectivity index (χ0v) is 52.9. The van der Waals surface area contributed by atoms with Crippen LogP contribution in [0.15, 0.2) is 46.4 Å². The molecule has 3 aliphatic heterocycles. The number of hydrogen-bond donors (Lipinski definition) is 0. The Morgan fingerprint density at radius 3 is 1.32 bits per heavy atom. The maximum atomic E-state index is 12.5. The van der Waals surface area contributed by atoms with E-state index < -0.39 is 0 Å². The van der Waals surface area contributed by atoms with E-state index in [9.17, 15) is 19.2 Å². The van der Waals surface area contributed by atoms with E-state index >= 15 is 0 Å². The smallest absolute Gasteiger partial charge is 0.289 e. The number of pyridine rings is 1. The van der Waals surface area contributed by atoms with Crippen molar-refractivity contribution < 1.29 is 96.2 Å². The number of nitrogens with zero attached hydrogens (tertiary/aromatic N) is 8. The molecule has 0 saturated carbocycles. The van der Waals surface area contributed by atoms with Crippen LogP contribution in [-0.2, 0) is 40.6 Å². The lowest BCUT2D eigenvalue weighted by Crippen LogP contribution is -3.00. The molecule has 8 heterocycles. The number of carbonyl (C=O) groups excluding carboxylic acids is 4. The van der Waals surface area contributed by atoms with Crippen LogP contribution < -0.4 is 77.0 Å². The first kappa shape index (κ1) is 68.3. The van der Waals surface area contributed by atoms with Crippen molar-refractivity contribution in [1.82, 2.24) is 19.7 Å². The van der Waals surface area contributed by atoms with Crippen LogP contribution in [0.5, 0.6) is 0 Å². The minimum Gasteiger partial charge on any atom is -1.00 e. The number of halogens is 4. The van der Waals surface area contributed by atoms with Crippen molar-refractivity contribution in [3.05, 3.63) is 94.4 Å². The van der Waals surface area contributed by atoms with Crippen molar-refractivity contribution in [1.29, 1.82) is 0 Å². The minimum atomic E-state index is 0. The molecule has 0 N–H and O–H groups in total. The van der Waals surface area contributed by atoms with Gasteiger partial charge in [-0.3, -0.25) is 24.2 Å². The molecule has 3 unspecified atom stereocenters. The summed E-state index contributed by atoms with van der Waals surface area (Å²) in [6, 6.07) is 6.58. The number of likely N-dealkylation sites (tertiary alicyclic amines) is 3. The molecular formula is C53H80Br2Cl2N8O4S4. The summed E-state index contributed by atoms with van der Waals surface area (Å²) in [4.78, 5) is 64.3. The van der Waals surface area contributed by atoms with Crippen molar-refractivity contribution in [2.45, 2.75) is 191 Å². The number of Topliss-reactive ketones (excluding diaryl/α,β-unsaturated/α-hetero) is 1. The number of amides is 3. The average Bonchev–Trinajstić information content (AvgIpc) is 4.03. The molecule has 0 aliphatic carbocycles. The van der Waals surface area contributed by atoms with Crippen LogP contribution in [0.3, 0.4) is 0 Å². The van der Waals surface area contributed by atoms with Gasteiger partial charge in [-0.15, -0.1) is 0 Å². The van der Waals surface area contributed by atoms with E-state index in [2.05, 4.69) is 114 Å². The lowest BCUT2D eigenvalue weighted by atomic mass is 9.97. The minimum absolute atomic E-state index is 0. The summed E-state index contributed by atoms with van der Waals surface area (Å²) in [6.07, 6.45) is 14.9. The Balaban J connectivity index is 0.000000478. The number of ketones is 1. The lowest BCUT2D eigenvalue weighted by Gasteiger charge is -2.38. The Hall–Kier alpha value is -2.71. The summed E-state index contributed by atoms with van der Waals surface area (Å²) < 4.78 is 8.21. The first-order valence-electron chi connectivity index (χ1n) is 25.1. The molecule has 0 aromatic carbocycles. The first-order chi connectivity index (χ1) is 33.0. The Kier molecular flexibility index (Phi) is 31.9. The van der Waals surface area contributed by atoms with Gasteiger partial charge in [-0.25, -0.2) is 0 Å². The van der Waals surface area contributed by atoms with Crippen LogP contribution in [0.2, 0.25) is 0 Å². The maximum Gasteiger partial charge on any atom is 0.289 e. The fourth-order valence-electron chi connectivity index (χ4n) is 9.01. The molecule has 12 nitrogen and oxygen atoms in total. The molecule has 73 heavy (non-hydrogen) atoms. The normalized spacial score (nSPS) is 17.4. The molecule has 5 aromatic heterocycles. The summed E-state index contributed by atoms with van der Waals surface area (Å²) in [7, 11) is 0. The summed E-state index contributed by atoms with van der Waals surface area (Å²) in [6.45, 7) is 27.9. The van der Waals surface area contributed by atoms with Crippen LogP contribution >= 0.6 is 45.3 Å². The van der Waals surface area contributed by atoms with Crippen molar-refractivity contribution >= 4 is 68.9 Å². The fraction of sp³-hybridized carbons (Fsp3) is 0.604. The van der Waals surface area contributed by atoms with Gasteiger partial charge in [-0.2, -0.15) is 18.3 Å². The maximum absolute atomic E-state index is 12.5. The largest absolute Gasteiger partial charge is 1.00 e. The number of aryl methyl sites for hydroxylation is 4. The Labute approximate surface area is 486 Å². The molecule has 3 saturated heterocycles. The van der Waals surface area contributed by atoms with Crippen LogP contribution in [0.1, 0.15) is 144 Å². The molecule has 20 heteroatoms. The van der Waals surface area contributed by atoms with Gasteiger partial charge < -0.3 is 73.5 Å². The lowest BCUT2D eigenvalue weighted by molar-refractivity contribution is -0.686. The predicted molar refractivity (Wildman–Crippen MR) is 279 cm³/mol. The molecule has 0 radical (unpaired) electrons. The molecule has 3 amide bonds. The second-order valence-electron chi connectivity index (χ2n) is 19.1. The van der Waals surface area contributed by atoms with Crippen LogP contribution in [0.25, 0.3) is 0 Å². The number of aromatic nitrogens is 5. The van der Waals surface area contributed by atoms with Gasteiger partial charge in [-0.05, 0) is 112 Å². The van der Waals surface area contributed by atoms with E-state index in [4.69, 9.17) is 0 Å². The highest BCUT2D eigenvalue weighted by molar-refractivity contribution is 7.10. The Morgan fingerprint density at radius 1 is 0.507 bits per heavy atom. The summed E-state index contributed by atoms with van der Waals surface area (Å²) in [5.41, 5.74) is 13.5. The third-order valence-corrected chi connectivity index (χ3v) is 18.2. The van der Waals surface area contributed by atoms with Crippen molar-refractivity contribution in [2.75, 3.05) is 19.6 Å². The number of hydrogen-bond acceptors (Lipinski definition) is 9. The second-order valence-corrected chi connectivity index (χ2v) is 23.4. The highest BCUT2D eigenvalue weighted by Crippen LogP contribution is 2.23. The van der Waals surface area contributed by atoms with E-state index in [0.29, 0.717) is 50.0 Å². The molecule has 8 rings (SSSR count). The Bertz CT molecular complexity index is 2450. The predicted octanol–water partition coefficient (Wildman–Crippen LogP) is -3.11. The third-order valence-electron chi connectivity index (χ3n) is 14.2. The molecule has 3 atom stereocenters. The molecule has 0 bridgehead atoms. The highest BCUT2D eigenvalue weighted by atomic mass is 79.9. The molecule has 3 aliphatic rings. The summed E-state index contributed by atoms with van der Waals surface area (Å²) >= 11 is 6.80. The SMILES string of the molecule is Cc1sc[n+](CC(=O)N2C(C)CCCC2C)c1C.Cc1sc[n+](CC(=O)N2CCCCC2C)c1C.Cc1sc[n+](CC(=O)N2CCCCCCC2)c1C.Cc1sc[n+](CC(=O)c2ccccn2)c1C.[Br-].[Br-].[Cl-].[Cl-]. The van der Waals surface area contributed by atoms with E-state index in [1.54, 1.807) is 57.6 Å². The summed E-state index contributed by atoms with van der Waals surface area (Å²) in [5.74, 6) is 0.859. The van der Waals surface area contributed by atoms with E-state index in [-0.39, 0.29) is 82.3 Å². The number of piperidine rings is 2. The van der Waals surface area contributed by atoms with E-state index in [1.807, 2.05) is 34.0 Å². The molecule has 5 aromatic rings. The Morgan fingerprint density at radius 2 is 0.904 bits per heavy atom. The van der Waals surface area contributed by atoms with Gasteiger partial charge in [0.15, 0.2) is 22.8 Å². The fourth-order valence-corrected chi connectivity index (χ4v) is 12.2. The van der Waals surface area contributed by atoms with Gasteiger partial charge in [0.25, 0.3) is 17.7 Å². The van der Waals surface area contributed by atoms with Crippen molar-refractivity contribution in [3.8, 4) is 0 Å². The average molecular weight is 1250 g/mol. The second kappa shape index (κ2) is 34.1. The zero-order valence-electron chi connectivity index (χ0n) is 44.9. The number of carbonyl (C=O) groups is 4. The quantitative estimate of drug-likeness (QED) is 0.115. The van der Waals surface area contributed by atoms with Crippen molar-refractivity contribution in [2.24, 2.45) is 0 Å². The number of thiazole rings is 4. The molecular weight excluding hydrogens is 1170 g/mol.